The number of ether oxygens (including phenoxy) is 1. The molecule has 0 aliphatic carbocycles. The maximum atomic E-state index is 10.1. The van der Waals surface area contributed by atoms with Gasteiger partial charge in [0.15, 0.2) is 0 Å². The van der Waals surface area contributed by atoms with Crippen LogP contribution in [-0.2, 0) is 0 Å². The van der Waals surface area contributed by atoms with Crippen LogP contribution in [-0.4, -0.2) is 11.2 Å². The van der Waals surface area contributed by atoms with Crippen LogP contribution in [0.4, 0.5) is 0 Å². The lowest BCUT2D eigenvalue weighted by atomic mass is 9.96. The van der Waals surface area contributed by atoms with Gasteiger partial charge < -0.3 is 9.84 Å². The molecule has 0 fully saturated rings. The zero-order valence-corrected chi connectivity index (χ0v) is 10.9. The van der Waals surface area contributed by atoms with Crippen molar-refractivity contribution >= 4 is 11.6 Å². The molecular weight excluding hydrogens is 236 g/mol. The fraction of sp³-hybridized carbons (Fsp3) is 0.571. The molecule has 2 atom stereocenters. The summed E-state index contributed by atoms with van der Waals surface area (Å²) < 4.78 is 5.89. The second-order valence-electron chi connectivity index (χ2n) is 4.67. The number of hydrogen-bond acceptors (Lipinski definition) is 2. The number of fused-ring (bicyclic) bond motifs is 1. The molecule has 0 spiro atoms. The van der Waals surface area contributed by atoms with Gasteiger partial charge in [-0.15, -0.1) is 0 Å². The molecule has 0 aromatic heterocycles. The largest absolute Gasteiger partial charge is 0.490 e. The smallest absolute Gasteiger partial charge is 0.125 e. The van der Waals surface area contributed by atoms with Crippen molar-refractivity contribution in [2.75, 3.05) is 0 Å². The maximum absolute atomic E-state index is 10.1. The van der Waals surface area contributed by atoms with E-state index in [0.29, 0.717) is 11.4 Å². The molecule has 0 radical (unpaired) electrons. The van der Waals surface area contributed by atoms with Crippen LogP contribution in [0.15, 0.2) is 18.2 Å². The van der Waals surface area contributed by atoms with Gasteiger partial charge in [0, 0.05) is 17.0 Å². The van der Waals surface area contributed by atoms with Gasteiger partial charge in [0.25, 0.3) is 0 Å². The Balaban J connectivity index is 2.03. The summed E-state index contributed by atoms with van der Waals surface area (Å²) >= 11 is 5.91. The molecule has 2 rings (SSSR count). The quantitative estimate of drug-likeness (QED) is 0.820. The summed E-state index contributed by atoms with van der Waals surface area (Å²) in [6.07, 6.45) is 5.00. The number of benzene rings is 1. The van der Waals surface area contributed by atoms with Gasteiger partial charge in [-0.25, -0.2) is 0 Å². The molecule has 1 aromatic carbocycles. The van der Waals surface area contributed by atoms with Gasteiger partial charge >= 0.3 is 0 Å². The van der Waals surface area contributed by atoms with E-state index in [4.69, 9.17) is 16.3 Å². The predicted octanol–water partition coefficient (Wildman–Crippen LogP) is 4.10. The minimum atomic E-state index is -0.441. The zero-order chi connectivity index (χ0) is 12.3. The van der Waals surface area contributed by atoms with Crippen LogP contribution in [0.3, 0.4) is 0 Å². The van der Waals surface area contributed by atoms with Crippen LogP contribution >= 0.6 is 11.6 Å². The van der Waals surface area contributed by atoms with Gasteiger partial charge in [0.05, 0.1) is 6.10 Å². The number of aliphatic hydroxyl groups excluding tert-OH is 1. The molecule has 2 nitrogen and oxygen atoms in total. The van der Waals surface area contributed by atoms with Crippen LogP contribution in [0.5, 0.6) is 5.75 Å². The van der Waals surface area contributed by atoms with Crippen molar-refractivity contribution in [1.82, 2.24) is 0 Å². The first-order chi connectivity index (χ1) is 8.20. The van der Waals surface area contributed by atoms with Crippen molar-refractivity contribution in [2.24, 2.45) is 0 Å². The van der Waals surface area contributed by atoms with Crippen molar-refractivity contribution < 1.29 is 9.84 Å². The molecule has 17 heavy (non-hydrogen) atoms. The summed E-state index contributed by atoms with van der Waals surface area (Å²) in [5, 5.41) is 10.7. The normalized spacial score (nSPS) is 23.0. The molecule has 1 unspecified atom stereocenters. The Kier molecular flexibility index (Phi) is 4.30. The Hall–Kier alpha value is -0.730. The summed E-state index contributed by atoms with van der Waals surface area (Å²) in [5.74, 6) is 0.787. The van der Waals surface area contributed by atoms with E-state index in [1.54, 1.807) is 6.07 Å². The molecule has 1 aromatic rings. The minimum absolute atomic E-state index is 0.144. The molecule has 1 heterocycles. The van der Waals surface area contributed by atoms with Crippen LogP contribution in [0.2, 0.25) is 5.02 Å². The third kappa shape index (κ3) is 3.14. The van der Waals surface area contributed by atoms with Crippen LogP contribution < -0.4 is 4.74 Å². The summed E-state index contributed by atoms with van der Waals surface area (Å²) in [4.78, 5) is 0. The number of rotatable bonds is 4. The molecule has 0 bridgehead atoms. The standard InChI is InChI=1S/C14H19ClO2/c1-2-3-4-5-11-9-13(16)12-8-10(15)6-7-14(12)17-11/h6-8,11,13,16H,2-5,9H2,1H3/t11?,13-/m0/s1. The minimum Gasteiger partial charge on any atom is -0.490 e. The van der Waals surface area contributed by atoms with Crippen molar-refractivity contribution in [3.05, 3.63) is 28.8 Å². The van der Waals surface area contributed by atoms with Gasteiger partial charge in [-0.2, -0.15) is 0 Å². The molecular formula is C14H19ClO2. The zero-order valence-electron chi connectivity index (χ0n) is 10.2. The van der Waals surface area contributed by atoms with Gasteiger partial charge in [0.1, 0.15) is 11.9 Å². The highest BCUT2D eigenvalue weighted by Gasteiger charge is 2.26. The number of hydrogen-bond donors (Lipinski definition) is 1. The second-order valence-corrected chi connectivity index (χ2v) is 5.11. The van der Waals surface area contributed by atoms with E-state index in [1.165, 1.54) is 12.8 Å². The van der Waals surface area contributed by atoms with Gasteiger partial charge in [-0.05, 0) is 31.0 Å². The van der Waals surface area contributed by atoms with E-state index in [-0.39, 0.29) is 6.10 Å². The lowest BCUT2D eigenvalue weighted by Gasteiger charge is -2.29. The van der Waals surface area contributed by atoms with E-state index >= 15 is 0 Å². The maximum Gasteiger partial charge on any atom is 0.125 e. The highest BCUT2D eigenvalue weighted by Crippen LogP contribution is 2.37. The number of halogens is 1. The molecule has 3 heteroatoms. The van der Waals surface area contributed by atoms with Gasteiger partial charge in [0.2, 0.25) is 0 Å². The first-order valence-electron chi connectivity index (χ1n) is 6.35. The topological polar surface area (TPSA) is 29.5 Å². The van der Waals surface area contributed by atoms with E-state index in [9.17, 15) is 5.11 Å². The van der Waals surface area contributed by atoms with Crippen LogP contribution in [0, 0.1) is 0 Å². The van der Waals surface area contributed by atoms with E-state index in [1.807, 2.05) is 12.1 Å². The summed E-state index contributed by atoms with van der Waals surface area (Å²) in [6, 6.07) is 5.46. The monoisotopic (exact) mass is 254 g/mol. The molecule has 94 valence electrons. The lowest BCUT2D eigenvalue weighted by Crippen LogP contribution is -2.25. The fourth-order valence-electron chi connectivity index (χ4n) is 2.29. The van der Waals surface area contributed by atoms with Crippen molar-refractivity contribution in [1.29, 1.82) is 0 Å². The molecule has 0 saturated carbocycles. The molecule has 0 saturated heterocycles. The van der Waals surface area contributed by atoms with Crippen molar-refractivity contribution in [2.45, 2.75) is 51.2 Å². The SMILES string of the molecule is CCCCCC1C[C@H](O)c2cc(Cl)ccc2O1. The summed E-state index contributed by atoms with van der Waals surface area (Å²) in [6.45, 7) is 2.19. The van der Waals surface area contributed by atoms with Crippen LogP contribution in [0.1, 0.15) is 50.7 Å². The number of unbranched alkanes of at least 4 members (excludes halogenated alkanes) is 2. The molecule has 1 aliphatic rings. The average Bonchev–Trinajstić information content (AvgIpc) is 2.31. The third-order valence-electron chi connectivity index (χ3n) is 3.24. The Morgan fingerprint density at radius 2 is 2.24 bits per heavy atom. The molecule has 1 aliphatic heterocycles. The summed E-state index contributed by atoms with van der Waals surface area (Å²) in [7, 11) is 0. The predicted molar refractivity (Wildman–Crippen MR) is 69.6 cm³/mol. The van der Waals surface area contributed by atoms with Gasteiger partial charge in [-0.1, -0.05) is 31.4 Å². The second kappa shape index (κ2) is 5.74. The van der Waals surface area contributed by atoms with Crippen molar-refractivity contribution in [3.63, 3.8) is 0 Å². The Morgan fingerprint density at radius 3 is 3.00 bits per heavy atom. The van der Waals surface area contributed by atoms with E-state index in [0.717, 1.165) is 24.2 Å². The summed E-state index contributed by atoms with van der Waals surface area (Å²) in [5.41, 5.74) is 0.823. The molecule has 1 N–H and O–H groups in total. The Bertz CT molecular complexity index is 378. The van der Waals surface area contributed by atoms with E-state index in [2.05, 4.69) is 6.92 Å². The Labute approximate surface area is 108 Å². The first kappa shape index (κ1) is 12.7. The molecule has 0 amide bonds. The lowest BCUT2D eigenvalue weighted by molar-refractivity contribution is 0.0605. The first-order valence-corrected chi connectivity index (χ1v) is 6.72. The fourth-order valence-corrected chi connectivity index (χ4v) is 2.47. The third-order valence-corrected chi connectivity index (χ3v) is 3.48. The van der Waals surface area contributed by atoms with Crippen LogP contribution in [0.25, 0.3) is 0 Å². The highest BCUT2D eigenvalue weighted by molar-refractivity contribution is 6.30. The highest BCUT2D eigenvalue weighted by atomic mass is 35.5. The average molecular weight is 255 g/mol. The van der Waals surface area contributed by atoms with E-state index < -0.39 is 6.10 Å². The van der Waals surface area contributed by atoms with Gasteiger partial charge in [-0.3, -0.25) is 0 Å². The Morgan fingerprint density at radius 1 is 1.41 bits per heavy atom. The number of aliphatic hydroxyl groups is 1. The van der Waals surface area contributed by atoms with Crippen molar-refractivity contribution in [3.8, 4) is 5.75 Å².